The first kappa shape index (κ1) is 11.0. The van der Waals surface area contributed by atoms with Crippen molar-refractivity contribution >= 4 is 34.8 Å². The van der Waals surface area contributed by atoms with Crippen molar-refractivity contribution in [2.45, 2.75) is 0 Å². The average molecular weight is 255 g/mol. The number of aromatic nitrogens is 2. The van der Waals surface area contributed by atoms with E-state index in [-0.39, 0.29) is 11.6 Å². The smallest absolute Gasteiger partial charge is 0.154 e. The third-order valence-corrected chi connectivity index (χ3v) is 2.61. The fourth-order valence-electron chi connectivity index (χ4n) is 1.34. The maximum Gasteiger partial charge on any atom is 0.154 e. The highest BCUT2D eigenvalue weighted by molar-refractivity contribution is 6.36. The molecule has 0 amide bonds. The van der Waals surface area contributed by atoms with Crippen LogP contribution >= 0.6 is 23.2 Å². The second-order valence-corrected chi connectivity index (χ2v) is 4.04. The summed E-state index contributed by atoms with van der Waals surface area (Å²) in [6.45, 7) is 0. The molecule has 2 aromatic rings. The topological polar surface area (TPSA) is 77.8 Å². The van der Waals surface area contributed by atoms with Crippen molar-refractivity contribution in [2.75, 3.05) is 11.5 Å². The van der Waals surface area contributed by atoms with Crippen LogP contribution in [0.4, 0.5) is 11.6 Å². The summed E-state index contributed by atoms with van der Waals surface area (Å²) in [7, 11) is 0. The van der Waals surface area contributed by atoms with Gasteiger partial charge < -0.3 is 11.5 Å². The van der Waals surface area contributed by atoms with E-state index in [9.17, 15) is 0 Å². The van der Waals surface area contributed by atoms with Crippen LogP contribution in [0.5, 0.6) is 0 Å². The standard InChI is InChI=1S/C10H8Cl2N4/c11-5-1-2-6(8(12)3-5)7-4-9(13)15-16-10(7)14/h1-4H,(H2,13,15)(H2,14,16). The van der Waals surface area contributed by atoms with Crippen molar-refractivity contribution in [3.8, 4) is 11.1 Å². The van der Waals surface area contributed by atoms with E-state index in [0.717, 1.165) is 5.56 Å². The SMILES string of the molecule is Nc1cc(-c2ccc(Cl)cc2Cl)c(N)nn1. The fraction of sp³-hybridized carbons (Fsp3) is 0. The first-order valence-electron chi connectivity index (χ1n) is 4.42. The van der Waals surface area contributed by atoms with Gasteiger partial charge in [-0.05, 0) is 18.2 Å². The zero-order chi connectivity index (χ0) is 11.7. The predicted molar refractivity (Wildman–Crippen MR) is 66.3 cm³/mol. The maximum absolute atomic E-state index is 6.06. The fourth-order valence-corrected chi connectivity index (χ4v) is 1.85. The molecule has 0 unspecified atom stereocenters. The van der Waals surface area contributed by atoms with Crippen LogP contribution in [-0.2, 0) is 0 Å². The van der Waals surface area contributed by atoms with Crippen LogP contribution in [0.2, 0.25) is 10.0 Å². The molecule has 16 heavy (non-hydrogen) atoms. The molecule has 4 nitrogen and oxygen atoms in total. The lowest BCUT2D eigenvalue weighted by molar-refractivity contribution is 1.05. The Labute approximate surface area is 102 Å². The highest BCUT2D eigenvalue weighted by atomic mass is 35.5. The van der Waals surface area contributed by atoms with Gasteiger partial charge in [-0.15, -0.1) is 10.2 Å². The number of hydrogen-bond donors (Lipinski definition) is 2. The Bertz CT molecular complexity index is 542. The molecule has 0 fully saturated rings. The normalized spacial score (nSPS) is 10.4. The van der Waals surface area contributed by atoms with Gasteiger partial charge in [0, 0.05) is 16.1 Å². The molecule has 0 aliphatic rings. The molecule has 0 aliphatic carbocycles. The summed E-state index contributed by atoms with van der Waals surface area (Å²) in [6.07, 6.45) is 0. The molecule has 0 atom stereocenters. The van der Waals surface area contributed by atoms with E-state index in [1.54, 1.807) is 24.3 Å². The van der Waals surface area contributed by atoms with Gasteiger partial charge in [0.15, 0.2) is 5.82 Å². The molecule has 0 spiro atoms. The molecule has 0 radical (unpaired) electrons. The summed E-state index contributed by atoms with van der Waals surface area (Å²) in [6, 6.07) is 6.74. The van der Waals surface area contributed by atoms with Crippen LogP contribution in [0.25, 0.3) is 11.1 Å². The Balaban J connectivity index is 2.62. The summed E-state index contributed by atoms with van der Waals surface area (Å²) < 4.78 is 0. The number of halogens is 2. The van der Waals surface area contributed by atoms with Crippen molar-refractivity contribution in [1.82, 2.24) is 10.2 Å². The molecule has 0 saturated carbocycles. The molecule has 1 heterocycles. The van der Waals surface area contributed by atoms with E-state index in [1.165, 1.54) is 0 Å². The molecular weight excluding hydrogens is 247 g/mol. The molecule has 1 aromatic heterocycles. The van der Waals surface area contributed by atoms with E-state index in [2.05, 4.69) is 10.2 Å². The van der Waals surface area contributed by atoms with E-state index in [4.69, 9.17) is 34.7 Å². The van der Waals surface area contributed by atoms with E-state index in [0.29, 0.717) is 15.6 Å². The molecule has 0 bridgehead atoms. The molecule has 0 aliphatic heterocycles. The molecule has 0 saturated heterocycles. The summed E-state index contributed by atoms with van der Waals surface area (Å²) in [5, 5.41) is 8.43. The van der Waals surface area contributed by atoms with E-state index < -0.39 is 0 Å². The van der Waals surface area contributed by atoms with Crippen LogP contribution in [-0.4, -0.2) is 10.2 Å². The van der Waals surface area contributed by atoms with E-state index >= 15 is 0 Å². The summed E-state index contributed by atoms with van der Waals surface area (Å²) >= 11 is 11.9. The van der Waals surface area contributed by atoms with Crippen molar-refractivity contribution in [3.63, 3.8) is 0 Å². The van der Waals surface area contributed by atoms with Gasteiger partial charge in [-0.2, -0.15) is 0 Å². The quantitative estimate of drug-likeness (QED) is 0.820. The van der Waals surface area contributed by atoms with Crippen LogP contribution < -0.4 is 11.5 Å². The summed E-state index contributed by atoms with van der Waals surface area (Å²) in [5.74, 6) is 0.564. The van der Waals surface area contributed by atoms with Gasteiger partial charge >= 0.3 is 0 Å². The molecule has 6 heteroatoms. The highest BCUT2D eigenvalue weighted by Gasteiger charge is 2.09. The number of nitrogens with two attached hydrogens (primary N) is 2. The number of nitrogen functional groups attached to an aromatic ring is 2. The van der Waals surface area contributed by atoms with Gasteiger partial charge in [0.05, 0.1) is 5.02 Å². The van der Waals surface area contributed by atoms with Gasteiger partial charge in [0.2, 0.25) is 0 Å². The zero-order valence-corrected chi connectivity index (χ0v) is 9.63. The number of hydrogen-bond acceptors (Lipinski definition) is 4. The largest absolute Gasteiger partial charge is 0.382 e. The monoisotopic (exact) mass is 254 g/mol. The van der Waals surface area contributed by atoms with Crippen LogP contribution in [0.1, 0.15) is 0 Å². The predicted octanol–water partition coefficient (Wildman–Crippen LogP) is 2.61. The number of nitrogens with zero attached hydrogens (tertiary/aromatic N) is 2. The molecular formula is C10H8Cl2N4. The Hall–Kier alpha value is -1.52. The minimum Gasteiger partial charge on any atom is -0.382 e. The first-order chi connectivity index (χ1) is 7.58. The lowest BCUT2D eigenvalue weighted by Crippen LogP contribution is -2.00. The lowest BCUT2D eigenvalue weighted by Gasteiger charge is -2.07. The Morgan fingerprint density at radius 2 is 1.69 bits per heavy atom. The zero-order valence-electron chi connectivity index (χ0n) is 8.11. The van der Waals surface area contributed by atoms with Gasteiger partial charge in [0.1, 0.15) is 5.82 Å². The average Bonchev–Trinajstić information content (AvgIpc) is 2.22. The number of anilines is 2. The lowest BCUT2D eigenvalue weighted by atomic mass is 10.1. The third kappa shape index (κ3) is 2.03. The summed E-state index contributed by atoms with van der Waals surface area (Å²) in [5.41, 5.74) is 12.6. The Morgan fingerprint density at radius 3 is 2.38 bits per heavy atom. The minimum absolute atomic E-state index is 0.276. The molecule has 82 valence electrons. The van der Waals surface area contributed by atoms with Crippen LogP contribution in [0, 0.1) is 0 Å². The summed E-state index contributed by atoms with van der Waals surface area (Å²) in [4.78, 5) is 0. The van der Waals surface area contributed by atoms with Gasteiger partial charge in [0.25, 0.3) is 0 Å². The molecule has 2 rings (SSSR count). The van der Waals surface area contributed by atoms with Crippen molar-refractivity contribution in [2.24, 2.45) is 0 Å². The number of rotatable bonds is 1. The molecule has 4 N–H and O–H groups in total. The third-order valence-electron chi connectivity index (χ3n) is 2.06. The van der Waals surface area contributed by atoms with Crippen LogP contribution in [0.3, 0.4) is 0 Å². The second kappa shape index (κ2) is 4.15. The maximum atomic E-state index is 6.06. The second-order valence-electron chi connectivity index (χ2n) is 3.19. The van der Waals surface area contributed by atoms with Crippen LogP contribution in [0.15, 0.2) is 24.3 Å². The first-order valence-corrected chi connectivity index (χ1v) is 5.17. The van der Waals surface area contributed by atoms with Crippen molar-refractivity contribution < 1.29 is 0 Å². The van der Waals surface area contributed by atoms with Crippen molar-refractivity contribution in [3.05, 3.63) is 34.3 Å². The van der Waals surface area contributed by atoms with Gasteiger partial charge in [-0.3, -0.25) is 0 Å². The van der Waals surface area contributed by atoms with Gasteiger partial charge in [-0.25, -0.2) is 0 Å². The van der Waals surface area contributed by atoms with E-state index in [1.807, 2.05) is 0 Å². The number of benzene rings is 1. The minimum atomic E-state index is 0.276. The molecule has 1 aromatic carbocycles. The Morgan fingerprint density at radius 1 is 0.938 bits per heavy atom. The van der Waals surface area contributed by atoms with Crippen molar-refractivity contribution in [1.29, 1.82) is 0 Å². The highest BCUT2D eigenvalue weighted by Crippen LogP contribution is 2.33. The van der Waals surface area contributed by atoms with Gasteiger partial charge in [-0.1, -0.05) is 29.3 Å². The Kier molecular flexibility index (Phi) is 2.85.